The van der Waals surface area contributed by atoms with Crippen LogP contribution < -0.4 is 5.32 Å². The molecule has 1 aliphatic carbocycles. The van der Waals surface area contributed by atoms with E-state index >= 15 is 0 Å². The van der Waals surface area contributed by atoms with Crippen molar-refractivity contribution >= 4 is 27.6 Å². The smallest absolute Gasteiger partial charge is 0.338 e. The first-order valence-electron chi connectivity index (χ1n) is 11.9. The van der Waals surface area contributed by atoms with Crippen molar-refractivity contribution in [3.63, 3.8) is 0 Å². The molecule has 2 aliphatic rings. The molecule has 4 rings (SSSR count). The van der Waals surface area contributed by atoms with E-state index in [-0.39, 0.29) is 27.3 Å². The lowest BCUT2D eigenvalue weighted by Crippen LogP contribution is -2.37. The summed E-state index contributed by atoms with van der Waals surface area (Å²) in [5.41, 5.74) is 2.65. The summed E-state index contributed by atoms with van der Waals surface area (Å²) < 4.78 is 33.9. The predicted molar refractivity (Wildman–Crippen MR) is 135 cm³/mol. The van der Waals surface area contributed by atoms with E-state index in [0.717, 1.165) is 30.4 Å². The summed E-state index contributed by atoms with van der Waals surface area (Å²) in [5.74, 6) is -1.20. The average molecular weight is 499 g/mol. The van der Waals surface area contributed by atoms with Crippen molar-refractivity contribution in [1.29, 1.82) is 0 Å². The molecule has 2 aromatic rings. The van der Waals surface area contributed by atoms with E-state index in [2.05, 4.69) is 26.1 Å². The predicted octanol–water partition coefficient (Wildman–Crippen LogP) is 4.69. The summed E-state index contributed by atoms with van der Waals surface area (Å²) in [4.78, 5) is 25.1. The first kappa shape index (κ1) is 25.4. The molecule has 2 bridgehead atoms. The lowest BCUT2D eigenvalue weighted by Gasteiger charge is -2.39. The van der Waals surface area contributed by atoms with Crippen molar-refractivity contribution in [2.75, 3.05) is 18.5 Å². The van der Waals surface area contributed by atoms with Crippen LogP contribution in [0, 0.1) is 24.7 Å². The average Bonchev–Trinajstić information content (AvgIpc) is 3.04. The maximum absolute atomic E-state index is 13.5. The second-order valence-electron chi connectivity index (χ2n) is 11.2. The third-order valence-corrected chi connectivity index (χ3v) is 9.02. The summed E-state index contributed by atoms with van der Waals surface area (Å²) in [6, 6.07) is 11.5. The Labute approximate surface area is 207 Å². The molecule has 0 unspecified atom stereocenters. The van der Waals surface area contributed by atoms with Gasteiger partial charge in [0.05, 0.1) is 10.5 Å². The van der Waals surface area contributed by atoms with E-state index in [1.54, 1.807) is 4.31 Å². The Kier molecular flexibility index (Phi) is 6.57. The molecular weight excluding hydrogens is 464 g/mol. The summed E-state index contributed by atoms with van der Waals surface area (Å²) >= 11 is 0. The minimum Gasteiger partial charge on any atom is -0.452 e. The van der Waals surface area contributed by atoms with E-state index in [9.17, 15) is 18.0 Å². The number of carbonyl (C=O) groups excluding carboxylic acids is 2. The van der Waals surface area contributed by atoms with Crippen molar-refractivity contribution in [3.8, 4) is 0 Å². The van der Waals surface area contributed by atoms with Gasteiger partial charge in [-0.2, -0.15) is 4.31 Å². The van der Waals surface area contributed by atoms with Crippen LogP contribution in [0.4, 0.5) is 5.69 Å². The monoisotopic (exact) mass is 498 g/mol. The van der Waals surface area contributed by atoms with Gasteiger partial charge in [-0.1, -0.05) is 45.0 Å². The zero-order chi connectivity index (χ0) is 25.6. The Hall–Kier alpha value is -2.71. The Morgan fingerprint density at radius 1 is 1.06 bits per heavy atom. The van der Waals surface area contributed by atoms with E-state index in [4.69, 9.17) is 4.74 Å². The fourth-order valence-electron chi connectivity index (χ4n) is 6.01. The van der Waals surface area contributed by atoms with Crippen molar-refractivity contribution in [2.24, 2.45) is 10.8 Å². The zero-order valence-corrected chi connectivity index (χ0v) is 21.9. The second-order valence-corrected chi connectivity index (χ2v) is 13.1. The number of aryl methyl sites for hydroxylation is 2. The van der Waals surface area contributed by atoms with Crippen molar-refractivity contribution in [1.82, 2.24) is 4.31 Å². The van der Waals surface area contributed by atoms with Crippen LogP contribution in [0.25, 0.3) is 0 Å². The molecule has 1 saturated heterocycles. The molecule has 1 saturated carbocycles. The molecule has 2 aromatic carbocycles. The number of carbonyl (C=O) groups is 2. The quantitative estimate of drug-likeness (QED) is 0.584. The number of sulfonamides is 1. The van der Waals surface area contributed by atoms with Gasteiger partial charge in [0.2, 0.25) is 10.0 Å². The Morgan fingerprint density at radius 3 is 2.40 bits per heavy atom. The third-order valence-electron chi connectivity index (χ3n) is 7.12. The summed E-state index contributed by atoms with van der Waals surface area (Å²) in [7, 11) is -3.77. The van der Waals surface area contributed by atoms with Gasteiger partial charge in [-0.05, 0) is 73.3 Å². The van der Waals surface area contributed by atoms with Gasteiger partial charge in [0.25, 0.3) is 5.91 Å². The first-order valence-corrected chi connectivity index (χ1v) is 13.4. The molecule has 1 aliphatic heterocycles. The van der Waals surface area contributed by atoms with E-state index in [0.29, 0.717) is 12.2 Å². The van der Waals surface area contributed by atoms with Crippen LogP contribution in [-0.4, -0.2) is 43.8 Å². The molecule has 35 heavy (non-hydrogen) atoms. The molecule has 1 amide bonds. The van der Waals surface area contributed by atoms with Crippen LogP contribution in [-0.2, 0) is 19.6 Å². The summed E-state index contributed by atoms with van der Waals surface area (Å²) in [6.45, 7) is 10.3. The van der Waals surface area contributed by atoms with Gasteiger partial charge in [0, 0.05) is 18.3 Å². The number of amides is 1. The third kappa shape index (κ3) is 5.28. The van der Waals surface area contributed by atoms with Gasteiger partial charge in [0.1, 0.15) is 0 Å². The van der Waals surface area contributed by atoms with Crippen molar-refractivity contribution in [3.05, 3.63) is 59.2 Å². The number of hydrogen-bond donors (Lipinski definition) is 1. The highest BCUT2D eigenvalue weighted by molar-refractivity contribution is 7.89. The molecule has 0 spiro atoms. The highest BCUT2D eigenvalue weighted by atomic mass is 32.2. The maximum Gasteiger partial charge on any atom is 0.338 e. The molecule has 2 atom stereocenters. The topological polar surface area (TPSA) is 92.8 Å². The number of para-hydroxylation sites is 1. The van der Waals surface area contributed by atoms with Crippen LogP contribution in [0.3, 0.4) is 0 Å². The van der Waals surface area contributed by atoms with Crippen LogP contribution >= 0.6 is 0 Å². The first-order chi connectivity index (χ1) is 16.3. The van der Waals surface area contributed by atoms with Gasteiger partial charge in [-0.3, -0.25) is 4.79 Å². The maximum atomic E-state index is 13.5. The Balaban J connectivity index is 1.45. The Bertz CT molecular complexity index is 1250. The van der Waals surface area contributed by atoms with Gasteiger partial charge in [-0.25, -0.2) is 13.2 Å². The molecule has 0 radical (unpaired) electrons. The fraction of sp³-hybridized carbons (Fsp3) is 0.481. The molecule has 0 aromatic heterocycles. The minimum absolute atomic E-state index is 0.0428. The van der Waals surface area contributed by atoms with Crippen LogP contribution in [0.1, 0.15) is 61.5 Å². The van der Waals surface area contributed by atoms with Gasteiger partial charge < -0.3 is 10.1 Å². The van der Waals surface area contributed by atoms with Crippen LogP contribution in [0.5, 0.6) is 0 Å². The summed E-state index contributed by atoms with van der Waals surface area (Å²) in [6.07, 6.45) is 2.66. The van der Waals surface area contributed by atoms with E-state index in [1.165, 1.54) is 24.3 Å². The standard InChI is InChI=1S/C27H34N2O5S/c1-18-8-6-9-19(2)24(18)28-23(30)15-34-25(31)20-10-7-11-22(12-20)35(32,33)29-17-27(5)14-21(29)13-26(3,4)16-27/h6-12,21H,13-17H2,1-5H3,(H,28,30)/t21-,27+/m1/s1. The zero-order valence-electron chi connectivity index (χ0n) is 21.1. The number of anilines is 1. The van der Waals surface area contributed by atoms with Gasteiger partial charge in [0.15, 0.2) is 6.61 Å². The number of ether oxygens (including phenoxy) is 1. The van der Waals surface area contributed by atoms with E-state index < -0.39 is 28.5 Å². The highest BCUT2D eigenvalue weighted by Crippen LogP contribution is 2.53. The molecular formula is C27H34N2O5S. The van der Waals surface area contributed by atoms with Crippen molar-refractivity contribution < 1.29 is 22.7 Å². The highest BCUT2D eigenvalue weighted by Gasteiger charge is 2.53. The molecule has 188 valence electrons. The van der Waals surface area contributed by atoms with Crippen LogP contribution in [0.15, 0.2) is 47.4 Å². The number of rotatable bonds is 6. The number of nitrogens with one attached hydrogen (secondary N) is 1. The molecule has 7 nitrogen and oxygen atoms in total. The van der Waals surface area contributed by atoms with Gasteiger partial charge >= 0.3 is 5.97 Å². The number of hydrogen-bond acceptors (Lipinski definition) is 5. The number of esters is 1. The largest absolute Gasteiger partial charge is 0.452 e. The SMILES string of the molecule is Cc1cccc(C)c1NC(=O)COC(=O)c1cccc(S(=O)(=O)N2C[C@@]3(C)C[C@H]2CC(C)(C)C3)c1. The number of nitrogens with zero attached hydrogens (tertiary/aromatic N) is 1. The minimum atomic E-state index is -3.77. The molecule has 8 heteroatoms. The van der Waals surface area contributed by atoms with Gasteiger partial charge in [-0.15, -0.1) is 0 Å². The molecule has 2 fully saturated rings. The van der Waals surface area contributed by atoms with E-state index in [1.807, 2.05) is 32.0 Å². The normalized spacial score (nSPS) is 23.6. The molecule has 1 heterocycles. The number of benzene rings is 2. The van der Waals surface area contributed by atoms with Crippen molar-refractivity contribution in [2.45, 2.75) is 64.8 Å². The lowest BCUT2D eigenvalue weighted by atomic mass is 9.65. The van der Waals surface area contributed by atoms with Crippen LogP contribution in [0.2, 0.25) is 0 Å². The summed E-state index contributed by atoms with van der Waals surface area (Å²) in [5, 5.41) is 2.77. The second kappa shape index (κ2) is 9.06. The fourth-order valence-corrected chi connectivity index (χ4v) is 7.83. The lowest BCUT2D eigenvalue weighted by molar-refractivity contribution is -0.119. The molecule has 1 N–H and O–H groups in total. The number of fused-ring (bicyclic) bond motifs is 2. The Morgan fingerprint density at radius 2 is 1.71 bits per heavy atom.